The number of hydrogen-bond acceptors (Lipinski definition) is 7. The first-order valence-electron chi connectivity index (χ1n) is 10.1. The largest absolute Gasteiger partial charge is 0.341 e. The monoisotopic (exact) mass is 428 g/mol. The second-order valence-electron chi connectivity index (χ2n) is 8.34. The van der Waals surface area contributed by atoms with Gasteiger partial charge in [-0.15, -0.1) is 0 Å². The molecular formula is C20H25ClN8O. The molecule has 0 aromatic carbocycles. The average Bonchev–Trinajstić information content (AvgIpc) is 3.45. The number of likely N-dealkylation sites (tertiary alicyclic amines) is 1. The Morgan fingerprint density at radius 3 is 3.10 bits per heavy atom. The van der Waals surface area contributed by atoms with Gasteiger partial charge in [0.05, 0.1) is 12.3 Å². The van der Waals surface area contributed by atoms with Crippen LogP contribution in [0.25, 0.3) is 0 Å². The predicted molar refractivity (Wildman–Crippen MR) is 114 cm³/mol. The Hall–Kier alpha value is -2.86. The summed E-state index contributed by atoms with van der Waals surface area (Å²) in [6, 6.07) is 4.13. The lowest BCUT2D eigenvalue weighted by Crippen LogP contribution is -2.34. The molecule has 158 valence electrons. The van der Waals surface area contributed by atoms with E-state index in [0.29, 0.717) is 22.6 Å². The van der Waals surface area contributed by atoms with Crippen LogP contribution in [0.2, 0.25) is 5.02 Å². The van der Waals surface area contributed by atoms with Crippen molar-refractivity contribution in [1.29, 1.82) is 5.26 Å². The highest BCUT2D eigenvalue weighted by atomic mass is 35.5. The van der Waals surface area contributed by atoms with Crippen molar-refractivity contribution in [3.8, 4) is 6.07 Å². The van der Waals surface area contributed by atoms with Gasteiger partial charge in [-0.3, -0.25) is 9.89 Å². The van der Waals surface area contributed by atoms with Crippen LogP contribution >= 0.6 is 11.6 Å². The van der Waals surface area contributed by atoms with Crippen molar-refractivity contribution in [3.05, 3.63) is 23.0 Å². The van der Waals surface area contributed by atoms with Crippen molar-refractivity contribution >= 4 is 35.1 Å². The Bertz CT molecular complexity index is 985. The number of aryl methyl sites for hydroxylation is 1. The van der Waals surface area contributed by atoms with E-state index in [0.717, 1.165) is 44.5 Å². The van der Waals surface area contributed by atoms with E-state index in [1.807, 2.05) is 31.0 Å². The average molecular weight is 429 g/mol. The number of aromatic amines is 1. The molecule has 1 spiro atoms. The first-order chi connectivity index (χ1) is 14.4. The van der Waals surface area contributed by atoms with Gasteiger partial charge in [0.15, 0.2) is 11.6 Å². The molecule has 4 rings (SSSR count). The van der Waals surface area contributed by atoms with Gasteiger partial charge >= 0.3 is 0 Å². The highest BCUT2D eigenvalue weighted by molar-refractivity contribution is 6.32. The van der Waals surface area contributed by atoms with Crippen LogP contribution in [0.3, 0.4) is 0 Å². The Morgan fingerprint density at radius 1 is 1.53 bits per heavy atom. The Balaban J connectivity index is 1.44. The summed E-state index contributed by atoms with van der Waals surface area (Å²) in [7, 11) is 2.00. The number of halogens is 1. The molecule has 2 atom stereocenters. The van der Waals surface area contributed by atoms with Gasteiger partial charge in [-0.2, -0.15) is 15.3 Å². The fraction of sp³-hybridized carbons (Fsp3) is 0.550. The van der Waals surface area contributed by atoms with E-state index in [9.17, 15) is 4.79 Å². The van der Waals surface area contributed by atoms with Crippen LogP contribution in [0.4, 0.5) is 17.6 Å². The van der Waals surface area contributed by atoms with E-state index in [1.54, 1.807) is 6.20 Å². The number of hydrogen-bond donors (Lipinski definition) is 2. The number of H-pyrrole nitrogens is 1. The van der Waals surface area contributed by atoms with Gasteiger partial charge in [0.25, 0.3) is 0 Å². The number of amides is 1. The number of nitrogens with zero attached hydrogens (tertiary/aromatic N) is 6. The van der Waals surface area contributed by atoms with E-state index in [-0.39, 0.29) is 23.8 Å². The summed E-state index contributed by atoms with van der Waals surface area (Å²) >= 11 is 6.28. The molecule has 2 fully saturated rings. The minimum Gasteiger partial charge on any atom is -0.341 e. The highest BCUT2D eigenvalue weighted by Crippen LogP contribution is 2.47. The SMILES string of the molecule is Cc1cc(Nc2nc(N(C)C3CCC4(CCN(C(=O)CC#N)C4)C3)ncc2Cl)n[nH]1. The molecule has 2 N–H and O–H groups in total. The van der Waals surface area contributed by atoms with Gasteiger partial charge in [0.1, 0.15) is 11.4 Å². The molecular weight excluding hydrogens is 404 g/mol. The van der Waals surface area contributed by atoms with Gasteiger partial charge in [-0.25, -0.2) is 4.98 Å². The zero-order chi connectivity index (χ0) is 21.3. The molecule has 30 heavy (non-hydrogen) atoms. The molecule has 1 aliphatic carbocycles. The molecule has 2 aromatic rings. The smallest absolute Gasteiger partial charge is 0.236 e. The lowest BCUT2D eigenvalue weighted by atomic mass is 9.85. The second-order valence-corrected chi connectivity index (χ2v) is 8.74. The Morgan fingerprint density at radius 2 is 2.37 bits per heavy atom. The van der Waals surface area contributed by atoms with E-state index in [4.69, 9.17) is 16.9 Å². The Labute approximate surface area is 180 Å². The minimum absolute atomic E-state index is 0.0384. The lowest BCUT2D eigenvalue weighted by Gasteiger charge is -2.28. The number of carbonyl (C=O) groups excluding carboxylic acids is 1. The molecule has 1 saturated heterocycles. The number of anilines is 3. The molecule has 2 aromatic heterocycles. The molecule has 10 heteroatoms. The quantitative estimate of drug-likeness (QED) is 0.752. The van der Waals surface area contributed by atoms with Gasteiger partial charge in [0.2, 0.25) is 11.9 Å². The lowest BCUT2D eigenvalue weighted by molar-refractivity contribution is -0.129. The molecule has 9 nitrogen and oxygen atoms in total. The van der Waals surface area contributed by atoms with Crippen molar-refractivity contribution < 1.29 is 4.79 Å². The number of rotatable bonds is 5. The summed E-state index contributed by atoms with van der Waals surface area (Å²) in [4.78, 5) is 25.1. The van der Waals surface area contributed by atoms with E-state index in [2.05, 4.69) is 30.4 Å². The van der Waals surface area contributed by atoms with Crippen LogP contribution in [0.5, 0.6) is 0 Å². The minimum atomic E-state index is -0.0588. The van der Waals surface area contributed by atoms with Crippen LogP contribution in [0.1, 0.15) is 37.8 Å². The number of nitriles is 1. The standard InChI is InChI=1S/C20H25ClN8O/c1-13-9-16(27-26-13)24-18-15(21)11-23-19(25-18)28(2)14-3-5-20(10-14)6-8-29(12-20)17(30)4-7-22/h9,11,14H,3-6,8,10,12H2,1-2H3,(H2,23,24,25,26,27). The number of nitrogens with one attached hydrogen (secondary N) is 2. The molecule has 1 aliphatic heterocycles. The summed E-state index contributed by atoms with van der Waals surface area (Å²) in [5.41, 5.74) is 1.07. The molecule has 0 radical (unpaired) electrons. The molecule has 2 unspecified atom stereocenters. The third-order valence-electron chi connectivity index (χ3n) is 6.24. The Kier molecular flexibility index (Phi) is 5.52. The van der Waals surface area contributed by atoms with E-state index < -0.39 is 0 Å². The maximum absolute atomic E-state index is 12.1. The van der Waals surface area contributed by atoms with Crippen molar-refractivity contribution in [1.82, 2.24) is 25.1 Å². The molecule has 1 saturated carbocycles. The van der Waals surface area contributed by atoms with Crippen molar-refractivity contribution in [2.75, 3.05) is 30.4 Å². The van der Waals surface area contributed by atoms with Gasteiger partial charge in [0, 0.05) is 37.9 Å². The van der Waals surface area contributed by atoms with Crippen LogP contribution in [-0.4, -0.2) is 57.2 Å². The first kappa shape index (κ1) is 20.4. The van der Waals surface area contributed by atoms with Crippen LogP contribution in [-0.2, 0) is 4.79 Å². The van der Waals surface area contributed by atoms with Crippen molar-refractivity contribution in [3.63, 3.8) is 0 Å². The fourth-order valence-corrected chi connectivity index (χ4v) is 4.73. The second kappa shape index (κ2) is 8.11. The van der Waals surface area contributed by atoms with Crippen LogP contribution in [0, 0.1) is 23.7 Å². The number of aromatic nitrogens is 4. The summed E-state index contributed by atoms with van der Waals surface area (Å²) < 4.78 is 0. The van der Waals surface area contributed by atoms with Gasteiger partial charge in [-0.05, 0) is 38.0 Å². The number of carbonyl (C=O) groups is 1. The third-order valence-corrected chi connectivity index (χ3v) is 6.52. The summed E-state index contributed by atoms with van der Waals surface area (Å²) in [5.74, 6) is 1.71. The zero-order valence-corrected chi connectivity index (χ0v) is 17.9. The molecule has 2 aliphatic rings. The topological polar surface area (TPSA) is 114 Å². The van der Waals surface area contributed by atoms with E-state index >= 15 is 0 Å². The molecule has 3 heterocycles. The molecule has 1 amide bonds. The molecule has 0 bridgehead atoms. The predicted octanol–water partition coefficient (Wildman–Crippen LogP) is 3.03. The van der Waals surface area contributed by atoms with Crippen LogP contribution in [0.15, 0.2) is 12.3 Å². The summed E-state index contributed by atoms with van der Waals surface area (Å²) in [5, 5.41) is 19.4. The first-order valence-corrected chi connectivity index (χ1v) is 10.5. The highest BCUT2D eigenvalue weighted by Gasteiger charge is 2.46. The third kappa shape index (κ3) is 4.05. The fourth-order valence-electron chi connectivity index (χ4n) is 4.59. The van der Waals surface area contributed by atoms with Gasteiger partial charge in [-0.1, -0.05) is 11.6 Å². The normalized spacial score (nSPS) is 23.0. The van der Waals surface area contributed by atoms with Crippen molar-refractivity contribution in [2.45, 2.75) is 45.1 Å². The maximum atomic E-state index is 12.1. The van der Waals surface area contributed by atoms with Gasteiger partial charge < -0.3 is 15.1 Å². The summed E-state index contributed by atoms with van der Waals surface area (Å²) in [6.07, 6.45) is 5.61. The van der Waals surface area contributed by atoms with Crippen LogP contribution < -0.4 is 10.2 Å². The summed E-state index contributed by atoms with van der Waals surface area (Å²) in [6.45, 7) is 3.41. The maximum Gasteiger partial charge on any atom is 0.236 e. The van der Waals surface area contributed by atoms with E-state index in [1.165, 1.54) is 0 Å². The van der Waals surface area contributed by atoms with Crippen molar-refractivity contribution in [2.24, 2.45) is 5.41 Å². The zero-order valence-electron chi connectivity index (χ0n) is 17.2.